The zero-order valence-electron chi connectivity index (χ0n) is 13.2. The summed E-state index contributed by atoms with van der Waals surface area (Å²) in [4.78, 5) is 16.5. The SMILES string of the molecule is CCCC(N)C(=O)Nc1nc(-c2ccc3c(c2)CCC3)cs1.Cl. The van der Waals surface area contributed by atoms with Gasteiger partial charge in [0.25, 0.3) is 0 Å². The highest BCUT2D eigenvalue weighted by Gasteiger charge is 2.16. The van der Waals surface area contributed by atoms with Gasteiger partial charge in [0.05, 0.1) is 11.7 Å². The molecule has 0 saturated heterocycles. The number of thiazole rings is 1. The summed E-state index contributed by atoms with van der Waals surface area (Å²) in [6, 6.07) is 6.09. The van der Waals surface area contributed by atoms with Gasteiger partial charge in [-0.25, -0.2) is 4.98 Å². The lowest BCUT2D eigenvalue weighted by Gasteiger charge is -2.08. The summed E-state index contributed by atoms with van der Waals surface area (Å²) < 4.78 is 0. The molecule has 3 N–H and O–H groups in total. The first-order valence-electron chi connectivity index (χ1n) is 7.81. The third-order valence-electron chi connectivity index (χ3n) is 4.07. The van der Waals surface area contributed by atoms with Crippen LogP contribution in [0.3, 0.4) is 0 Å². The average molecular weight is 352 g/mol. The highest BCUT2D eigenvalue weighted by Crippen LogP contribution is 2.30. The van der Waals surface area contributed by atoms with Gasteiger partial charge in [-0.05, 0) is 42.9 Å². The van der Waals surface area contributed by atoms with Gasteiger partial charge in [-0.3, -0.25) is 4.79 Å². The van der Waals surface area contributed by atoms with Crippen molar-refractivity contribution in [3.05, 3.63) is 34.7 Å². The molecule has 0 saturated carbocycles. The lowest BCUT2D eigenvalue weighted by atomic mass is 10.1. The molecule has 4 nitrogen and oxygen atoms in total. The van der Waals surface area contributed by atoms with Gasteiger partial charge in [-0.2, -0.15) is 0 Å². The van der Waals surface area contributed by atoms with E-state index in [1.54, 1.807) is 0 Å². The minimum atomic E-state index is -0.461. The molecule has 1 aromatic heterocycles. The molecule has 124 valence electrons. The van der Waals surface area contributed by atoms with E-state index in [9.17, 15) is 4.79 Å². The molecule has 1 unspecified atom stereocenters. The van der Waals surface area contributed by atoms with Gasteiger partial charge in [-0.15, -0.1) is 23.7 Å². The van der Waals surface area contributed by atoms with Crippen molar-refractivity contribution in [3.8, 4) is 11.3 Å². The molecule has 1 amide bonds. The van der Waals surface area contributed by atoms with Crippen LogP contribution in [0.5, 0.6) is 0 Å². The number of nitrogens with two attached hydrogens (primary N) is 1. The van der Waals surface area contributed by atoms with E-state index in [0.29, 0.717) is 11.6 Å². The number of hydrogen-bond acceptors (Lipinski definition) is 4. The summed E-state index contributed by atoms with van der Waals surface area (Å²) in [5, 5.41) is 5.41. The zero-order chi connectivity index (χ0) is 15.5. The number of aryl methyl sites for hydroxylation is 2. The second-order valence-electron chi connectivity index (χ2n) is 5.76. The maximum absolute atomic E-state index is 11.9. The average Bonchev–Trinajstić information content (AvgIpc) is 3.15. The number of hydrogen-bond donors (Lipinski definition) is 2. The Balaban J connectivity index is 0.00000192. The predicted molar refractivity (Wildman–Crippen MR) is 98.3 cm³/mol. The predicted octanol–water partition coefficient (Wildman–Crippen LogP) is 3.79. The molecular weight excluding hydrogens is 330 g/mol. The van der Waals surface area contributed by atoms with Gasteiger partial charge in [0.1, 0.15) is 0 Å². The summed E-state index contributed by atoms with van der Waals surface area (Å²) in [5.41, 5.74) is 10.7. The normalized spacial score (nSPS) is 14.0. The molecule has 1 heterocycles. The van der Waals surface area contributed by atoms with Crippen LogP contribution in [-0.4, -0.2) is 16.9 Å². The largest absolute Gasteiger partial charge is 0.320 e. The topological polar surface area (TPSA) is 68.0 Å². The quantitative estimate of drug-likeness (QED) is 0.861. The fourth-order valence-corrected chi connectivity index (χ4v) is 3.56. The van der Waals surface area contributed by atoms with Crippen LogP contribution >= 0.6 is 23.7 Å². The van der Waals surface area contributed by atoms with Crippen molar-refractivity contribution in [2.24, 2.45) is 5.73 Å². The number of nitrogens with one attached hydrogen (secondary N) is 1. The van der Waals surface area contributed by atoms with Crippen LogP contribution in [0.15, 0.2) is 23.6 Å². The Kier molecular flexibility index (Phi) is 6.16. The van der Waals surface area contributed by atoms with Crippen molar-refractivity contribution in [2.75, 3.05) is 5.32 Å². The Morgan fingerprint density at radius 2 is 2.17 bits per heavy atom. The number of carbonyl (C=O) groups is 1. The van der Waals surface area contributed by atoms with Gasteiger partial charge in [0, 0.05) is 10.9 Å². The second kappa shape index (κ2) is 7.90. The number of amides is 1. The highest BCUT2D eigenvalue weighted by molar-refractivity contribution is 7.14. The van der Waals surface area contributed by atoms with Crippen LogP contribution in [0.4, 0.5) is 5.13 Å². The second-order valence-corrected chi connectivity index (χ2v) is 6.62. The molecule has 0 radical (unpaired) electrons. The number of anilines is 1. The lowest BCUT2D eigenvalue weighted by Crippen LogP contribution is -2.35. The fraction of sp³-hybridized carbons (Fsp3) is 0.412. The van der Waals surface area contributed by atoms with Gasteiger partial charge in [-0.1, -0.05) is 25.5 Å². The van der Waals surface area contributed by atoms with Crippen molar-refractivity contribution in [2.45, 2.75) is 45.1 Å². The number of nitrogens with zero attached hydrogens (tertiary/aromatic N) is 1. The molecule has 0 spiro atoms. The van der Waals surface area contributed by atoms with E-state index in [2.05, 4.69) is 28.5 Å². The molecule has 0 bridgehead atoms. The molecule has 23 heavy (non-hydrogen) atoms. The first kappa shape index (κ1) is 17.9. The van der Waals surface area contributed by atoms with Gasteiger partial charge in [0.15, 0.2) is 5.13 Å². The fourth-order valence-electron chi connectivity index (χ4n) is 2.84. The smallest absolute Gasteiger partial charge is 0.243 e. The molecule has 1 aliphatic carbocycles. The summed E-state index contributed by atoms with van der Waals surface area (Å²) >= 11 is 1.44. The van der Waals surface area contributed by atoms with Gasteiger partial charge >= 0.3 is 0 Å². The van der Waals surface area contributed by atoms with Crippen molar-refractivity contribution in [3.63, 3.8) is 0 Å². The third-order valence-corrected chi connectivity index (χ3v) is 4.82. The van der Waals surface area contributed by atoms with Crippen LogP contribution in [0.1, 0.15) is 37.3 Å². The molecule has 0 aliphatic heterocycles. The third kappa shape index (κ3) is 4.10. The van der Waals surface area contributed by atoms with Gasteiger partial charge in [0.2, 0.25) is 5.91 Å². The maximum atomic E-state index is 11.9. The Morgan fingerprint density at radius 3 is 2.96 bits per heavy atom. The molecule has 1 aliphatic rings. The monoisotopic (exact) mass is 351 g/mol. The number of fused-ring (bicyclic) bond motifs is 1. The number of benzene rings is 1. The molecular formula is C17H22ClN3OS. The van der Waals surface area contributed by atoms with E-state index in [-0.39, 0.29) is 18.3 Å². The number of aromatic nitrogens is 1. The van der Waals surface area contributed by atoms with E-state index >= 15 is 0 Å². The van der Waals surface area contributed by atoms with E-state index in [0.717, 1.165) is 24.1 Å². The molecule has 6 heteroatoms. The molecule has 1 atom stereocenters. The summed E-state index contributed by atoms with van der Waals surface area (Å²) in [7, 11) is 0. The number of halogens is 1. The molecule has 1 aromatic carbocycles. The number of rotatable bonds is 5. The Labute approximate surface area is 146 Å². The molecule has 3 rings (SSSR count). The first-order valence-corrected chi connectivity index (χ1v) is 8.69. The van der Waals surface area contributed by atoms with Crippen LogP contribution in [0.2, 0.25) is 0 Å². The minimum Gasteiger partial charge on any atom is -0.320 e. The first-order chi connectivity index (χ1) is 10.7. The van der Waals surface area contributed by atoms with Crippen LogP contribution in [0, 0.1) is 0 Å². The summed E-state index contributed by atoms with van der Waals surface area (Å²) in [6.07, 6.45) is 5.17. The van der Waals surface area contributed by atoms with Gasteiger partial charge < -0.3 is 11.1 Å². The van der Waals surface area contributed by atoms with E-state index < -0.39 is 6.04 Å². The zero-order valence-corrected chi connectivity index (χ0v) is 14.8. The molecule has 0 fully saturated rings. The molecule has 2 aromatic rings. The standard InChI is InChI=1S/C17H21N3OS.ClH/c1-2-4-14(18)16(21)20-17-19-15(10-22-17)13-8-7-11-5-3-6-12(11)9-13;/h7-10,14H,2-6,18H2,1H3,(H,19,20,21);1H. The van der Waals surface area contributed by atoms with E-state index in [1.807, 2.05) is 12.3 Å². The Hall–Kier alpha value is -1.43. The highest BCUT2D eigenvalue weighted by atomic mass is 35.5. The summed E-state index contributed by atoms with van der Waals surface area (Å²) in [5.74, 6) is -0.156. The van der Waals surface area contributed by atoms with E-state index in [4.69, 9.17) is 5.73 Å². The maximum Gasteiger partial charge on any atom is 0.243 e. The van der Waals surface area contributed by atoms with Crippen molar-refractivity contribution < 1.29 is 4.79 Å². The lowest BCUT2D eigenvalue weighted by molar-refractivity contribution is -0.117. The van der Waals surface area contributed by atoms with Crippen LogP contribution in [0.25, 0.3) is 11.3 Å². The van der Waals surface area contributed by atoms with Crippen LogP contribution in [-0.2, 0) is 17.6 Å². The van der Waals surface area contributed by atoms with Crippen molar-refractivity contribution in [1.29, 1.82) is 0 Å². The minimum absolute atomic E-state index is 0. The summed E-state index contributed by atoms with van der Waals surface area (Å²) in [6.45, 7) is 2.02. The van der Waals surface area contributed by atoms with Crippen molar-refractivity contribution in [1.82, 2.24) is 4.98 Å². The van der Waals surface area contributed by atoms with E-state index in [1.165, 1.54) is 35.3 Å². The number of carbonyl (C=O) groups excluding carboxylic acids is 1. The Bertz CT molecular complexity index is 686. The van der Waals surface area contributed by atoms with Crippen molar-refractivity contribution >= 4 is 34.8 Å². The van der Waals surface area contributed by atoms with Crippen LogP contribution < -0.4 is 11.1 Å². The Morgan fingerprint density at radius 1 is 1.39 bits per heavy atom.